The van der Waals surface area contributed by atoms with Crippen LogP contribution in [0.5, 0.6) is 0 Å². The van der Waals surface area contributed by atoms with Gasteiger partial charge >= 0.3 is 0 Å². The maximum Gasteiger partial charge on any atom is 0.0348 e. The predicted molar refractivity (Wildman–Crippen MR) is 56.9 cm³/mol. The molecule has 1 aliphatic carbocycles. The zero-order chi connectivity index (χ0) is 9.47. The second-order valence-corrected chi connectivity index (χ2v) is 4.26. The van der Waals surface area contributed by atoms with Crippen molar-refractivity contribution in [2.24, 2.45) is 0 Å². The third-order valence-electron chi connectivity index (χ3n) is 2.72. The van der Waals surface area contributed by atoms with Crippen molar-refractivity contribution in [3.05, 3.63) is 23.8 Å². The Kier molecular flexibility index (Phi) is 1.72. The van der Waals surface area contributed by atoms with Gasteiger partial charge in [-0.2, -0.15) is 0 Å². The van der Waals surface area contributed by atoms with Crippen LogP contribution in [0.4, 0.5) is 11.4 Å². The molecule has 0 aromatic heterocycles. The van der Waals surface area contributed by atoms with E-state index in [1.165, 1.54) is 18.5 Å². The summed E-state index contributed by atoms with van der Waals surface area (Å²) in [6, 6.07) is 6.12. The van der Waals surface area contributed by atoms with Gasteiger partial charge in [-0.25, -0.2) is 0 Å². The van der Waals surface area contributed by atoms with Gasteiger partial charge in [0.25, 0.3) is 0 Å². The van der Waals surface area contributed by atoms with E-state index < -0.39 is 0 Å². The lowest BCUT2D eigenvalue weighted by Crippen LogP contribution is -2.15. The molecule has 2 rings (SSSR count). The van der Waals surface area contributed by atoms with E-state index in [2.05, 4.69) is 18.3 Å². The van der Waals surface area contributed by atoms with Gasteiger partial charge in [0.15, 0.2) is 0 Å². The minimum atomic E-state index is 0.350. The molecule has 1 saturated carbocycles. The van der Waals surface area contributed by atoms with Crippen LogP contribution >= 0.6 is 0 Å². The van der Waals surface area contributed by atoms with Gasteiger partial charge < -0.3 is 11.1 Å². The van der Waals surface area contributed by atoms with Crippen molar-refractivity contribution < 1.29 is 0 Å². The Hall–Kier alpha value is -1.18. The summed E-state index contributed by atoms with van der Waals surface area (Å²) in [6.07, 6.45) is 2.55. The molecule has 2 heteroatoms. The van der Waals surface area contributed by atoms with Crippen LogP contribution < -0.4 is 11.1 Å². The van der Waals surface area contributed by atoms with Crippen LogP contribution in [0.25, 0.3) is 0 Å². The molecule has 70 valence electrons. The Bertz CT molecular complexity index is 327. The molecule has 1 aromatic rings. The Labute approximate surface area is 79.1 Å². The molecule has 3 N–H and O–H groups in total. The monoisotopic (exact) mass is 176 g/mol. The number of benzene rings is 1. The van der Waals surface area contributed by atoms with E-state index in [1.54, 1.807) is 0 Å². The van der Waals surface area contributed by atoms with E-state index in [0.29, 0.717) is 5.54 Å². The zero-order valence-electron chi connectivity index (χ0n) is 8.22. The van der Waals surface area contributed by atoms with E-state index in [0.717, 1.165) is 11.3 Å². The molecule has 0 aliphatic heterocycles. The molecule has 0 bridgehead atoms. The van der Waals surface area contributed by atoms with Crippen LogP contribution in [-0.2, 0) is 0 Å². The fourth-order valence-electron chi connectivity index (χ4n) is 1.41. The highest BCUT2D eigenvalue weighted by atomic mass is 15.0. The number of nitrogens with two attached hydrogens (primary N) is 1. The third kappa shape index (κ3) is 1.77. The normalized spacial score (nSPS) is 18.3. The van der Waals surface area contributed by atoms with Gasteiger partial charge in [-0.15, -0.1) is 0 Å². The first-order valence-corrected chi connectivity index (χ1v) is 4.73. The average molecular weight is 176 g/mol. The molecule has 0 atom stereocenters. The number of anilines is 2. The van der Waals surface area contributed by atoms with Crippen molar-refractivity contribution in [3.63, 3.8) is 0 Å². The molecule has 0 amide bonds. The molecule has 0 unspecified atom stereocenters. The molecule has 0 saturated heterocycles. The van der Waals surface area contributed by atoms with Gasteiger partial charge in [-0.05, 0) is 50.5 Å². The third-order valence-corrected chi connectivity index (χ3v) is 2.72. The largest absolute Gasteiger partial charge is 0.399 e. The van der Waals surface area contributed by atoms with E-state index in [9.17, 15) is 0 Å². The minimum absolute atomic E-state index is 0.350. The second-order valence-electron chi connectivity index (χ2n) is 4.26. The number of hydrogen-bond donors (Lipinski definition) is 2. The van der Waals surface area contributed by atoms with Crippen LogP contribution in [0.3, 0.4) is 0 Å². The van der Waals surface area contributed by atoms with E-state index in [-0.39, 0.29) is 0 Å². The Balaban J connectivity index is 2.17. The number of rotatable bonds is 2. The van der Waals surface area contributed by atoms with Gasteiger partial charge in [0.1, 0.15) is 0 Å². The Morgan fingerprint density at radius 2 is 2.08 bits per heavy atom. The van der Waals surface area contributed by atoms with Crippen molar-refractivity contribution >= 4 is 11.4 Å². The highest BCUT2D eigenvalue weighted by molar-refractivity contribution is 5.58. The van der Waals surface area contributed by atoms with Crippen molar-refractivity contribution in [2.45, 2.75) is 32.2 Å². The molecule has 0 radical (unpaired) electrons. The fourth-order valence-corrected chi connectivity index (χ4v) is 1.41. The lowest BCUT2D eigenvalue weighted by molar-refractivity contribution is 0.829. The van der Waals surface area contributed by atoms with Crippen molar-refractivity contribution in [1.29, 1.82) is 0 Å². The molecule has 1 aliphatic rings. The average Bonchev–Trinajstić information content (AvgIpc) is 2.76. The summed E-state index contributed by atoms with van der Waals surface area (Å²) >= 11 is 0. The quantitative estimate of drug-likeness (QED) is 0.679. The first kappa shape index (κ1) is 8.42. The number of nitrogens with one attached hydrogen (secondary N) is 1. The summed E-state index contributed by atoms with van der Waals surface area (Å²) in [7, 11) is 0. The van der Waals surface area contributed by atoms with E-state index in [1.807, 2.05) is 19.1 Å². The maximum absolute atomic E-state index is 5.74. The smallest absolute Gasteiger partial charge is 0.0348 e. The van der Waals surface area contributed by atoms with Gasteiger partial charge in [-0.1, -0.05) is 0 Å². The predicted octanol–water partition coefficient (Wildman–Crippen LogP) is 2.54. The first-order chi connectivity index (χ1) is 6.09. The minimum Gasteiger partial charge on any atom is -0.399 e. The molecule has 2 nitrogen and oxygen atoms in total. The maximum atomic E-state index is 5.74. The summed E-state index contributed by atoms with van der Waals surface area (Å²) in [5.41, 5.74) is 9.29. The van der Waals surface area contributed by atoms with Gasteiger partial charge in [0.2, 0.25) is 0 Å². The van der Waals surface area contributed by atoms with Gasteiger partial charge in [0, 0.05) is 16.9 Å². The van der Waals surface area contributed by atoms with Gasteiger partial charge in [0.05, 0.1) is 0 Å². The number of nitrogen functional groups attached to an aromatic ring is 1. The molecule has 0 spiro atoms. The first-order valence-electron chi connectivity index (χ1n) is 4.73. The zero-order valence-corrected chi connectivity index (χ0v) is 8.22. The lowest BCUT2D eigenvalue weighted by atomic mass is 10.1. The highest BCUT2D eigenvalue weighted by Crippen LogP contribution is 2.38. The van der Waals surface area contributed by atoms with E-state index in [4.69, 9.17) is 5.73 Å². The number of aryl methyl sites for hydroxylation is 1. The molecule has 1 aromatic carbocycles. The Morgan fingerprint density at radius 1 is 1.38 bits per heavy atom. The van der Waals surface area contributed by atoms with Crippen LogP contribution in [0.15, 0.2) is 18.2 Å². The topological polar surface area (TPSA) is 38.0 Å². The summed E-state index contributed by atoms with van der Waals surface area (Å²) in [5, 5.41) is 3.50. The molecule has 13 heavy (non-hydrogen) atoms. The lowest BCUT2D eigenvalue weighted by Gasteiger charge is -2.14. The number of hydrogen-bond acceptors (Lipinski definition) is 2. The molecule has 1 fully saturated rings. The molecular weight excluding hydrogens is 160 g/mol. The molecule has 0 heterocycles. The summed E-state index contributed by atoms with van der Waals surface area (Å²) in [6.45, 7) is 4.29. The summed E-state index contributed by atoms with van der Waals surface area (Å²) in [5.74, 6) is 0. The van der Waals surface area contributed by atoms with Crippen LogP contribution in [0.2, 0.25) is 0 Å². The highest BCUT2D eigenvalue weighted by Gasteiger charge is 2.36. The fraction of sp³-hybridized carbons (Fsp3) is 0.455. The van der Waals surface area contributed by atoms with Crippen molar-refractivity contribution in [2.75, 3.05) is 11.1 Å². The van der Waals surface area contributed by atoms with Gasteiger partial charge in [-0.3, -0.25) is 0 Å². The van der Waals surface area contributed by atoms with Crippen molar-refractivity contribution in [1.82, 2.24) is 0 Å². The summed E-state index contributed by atoms with van der Waals surface area (Å²) in [4.78, 5) is 0. The standard InChI is InChI=1S/C11H16N2/c1-8-7-9(3-4-10(8)12)13-11(2)5-6-11/h3-4,7,13H,5-6,12H2,1-2H3. The SMILES string of the molecule is Cc1cc(NC2(C)CC2)ccc1N. The summed E-state index contributed by atoms with van der Waals surface area (Å²) < 4.78 is 0. The Morgan fingerprint density at radius 3 is 2.62 bits per heavy atom. The van der Waals surface area contributed by atoms with Crippen LogP contribution in [0, 0.1) is 6.92 Å². The van der Waals surface area contributed by atoms with Crippen LogP contribution in [0.1, 0.15) is 25.3 Å². The van der Waals surface area contributed by atoms with Crippen LogP contribution in [-0.4, -0.2) is 5.54 Å². The van der Waals surface area contributed by atoms with E-state index >= 15 is 0 Å². The van der Waals surface area contributed by atoms with Crippen molar-refractivity contribution in [3.8, 4) is 0 Å². The second kappa shape index (κ2) is 2.66. The molecular formula is C11H16N2.